The van der Waals surface area contributed by atoms with E-state index in [0.29, 0.717) is 17.1 Å². The van der Waals surface area contributed by atoms with Crippen molar-refractivity contribution in [2.45, 2.75) is 0 Å². The SMILES string of the molecule is COc1cc2c(C#N)cn(C)c2cc1OC. The monoisotopic (exact) mass is 216 g/mol. The zero-order valence-corrected chi connectivity index (χ0v) is 9.44. The van der Waals surface area contributed by atoms with Gasteiger partial charge in [-0.2, -0.15) is 5.26 Å². The average Bonchev–Trinajstić information content (AvgIpc) is 2.63. The molecule has 0 aliphatic heterocycles. The summed E-state index contributed by atoms with van der Waals surface area (Å²) in [6.07, 6.45) is 1.80. The minimum Gasteiger partial charge on any atom is -0.493 e. The summed E-state index contributed by atoms with van der Waals surface area (Å²) >= 11 is 0. The second-order valence-corrected chi connectivity index (χ2v) is 3.49. The van der Waals surface area contributed by atoms with Crippen LogP contribution in [-0.4, -0.2) is 18.8 Å². The van der Waals surface area contributed by atoms with Crippen molar-refractivity contribution >= 4 is 10.9 Å². The predicted octanol–water partition coefficient (Wildman–Crippen LogP) is 2.07. The quantitative estimate of drug-likeness (QED) is 0.772. The molecule has 0 aliphatic rings. The Kier molecular flexibility index (Phi) is 2.45. The van der Waals surface area contributed by atoms with Crippen LogP contribution in [0.4, 0.5) is 0 Å². The fourth-order valence-corrected chi connectivity index (χ4v) is 1.80. The van der Waals surface area contributed by atoms with Crippen LogP contribution in [0, 0.1) is 11.3 Å². The summed E-state index contributed by atoms with van der Waals surface area (Å²) in [7, 11) is 5.07. The van der Waals surface area contributed by atoms with E-state index in [4.69, 9.17) is 14.7 Å². The molecule has 1 aromatic heterocycles. The van der Waals surface area contributed by atoms with Gasteiger partial charge in [-0.1, -0.05) is 0 Å². The Balaban J connectivity index is 2.81. The Morgan fingerprint density at radius 2 is 1.81 bits per heavy atom. The molecular formula is C12H12N2O2. The molecule has 0 fully saturated rings. The molecule has 4 heteroatoms. The van der Waals surface area contributed by atoms with Crippen molar-refractivity contribution in [1.29, 1.82) is 5.26 Å². The summed E-state index contributed by atoms with van der Waals surface area (Å²) in [6, 6.07) is 5.86. The number of nitrogens with zero attached hydrogens (tertiary/aromatic N) is 2. The Bertz CT molecular complexity index is 579. The highest BCUT2D eigenvalue weighted by Gasteiger charge is 2.11. The lowest BCUT2D eigenvalue weighted by Gasteiger charge is -2.08. The van der Waals surface area contributed by atoms with Crippen molar-refractivity contribution in [3.05, 3.63) is 23.9 Å². The number of hydrogen-bond donors (Lipinski definition) is 0. The fourth-order valence-electron chi connectivity index (χ4n) is 1.80. The highest BCUT2D eigenvalue weighted by Crippen LogP contribution is 2.33. The minimum atomic E-state index is 0.637. The van der Waals surface area contributed by atoms with Crippen molar-refractivity contribution in [2.24, 2.45) is 7.05 Å². The summed E-state index contributed by atoms with van der Waals surface area (Å²) in [5.74, 6) is 1.30. The summed E-state index contributed by atoms with van der Waals surface area (Å²) in [6.45, 7) is 0. The van der Waals surface area contributed by atoms with Crippen LogP contribution >= 0.6 is 0 Å². The van der Waals surface area contributed by atoms with Gasteiger partial charge in [0, 0.05) is 24.7 Å². The third-order valence-electron chi connectivity index (χ3n) is 2.62. The third kappa shape index (κ3) is 1.38. The molecule has 0 spiro atoms. The van der Waals surface area contributed by atoms with Crippen LogP contribution in [0.3, 0.4) is 0 Å². The molecule has 0 bridgehead atoms. The van der Waals surface area contributed by atoms with Gasteiger partial charge in [-0.15, -0.1) is 0 Å². The van der Waals surface area contributed by atoms with Gasteiger partial charge >= 0.3 is 0 Å². The van der Waals surface area contributed by atoms with Gasteiger partial charge < -0.3 is 14.0 Å². The van der Waals surface area contributed by atoms with Crippen LogP contribution in [0.15, 0.2) is 18.3 Å². The maximum absolute atomic E-state index is 9.00. The van der Waals surface area contributed by atoms with Gasteiger partial charge in [-0.05, 0) is 6.07 Å². The van der Waals surface area contributed by atoms with Crippen LogP contribution in [-0.2, 0) is 7.05 Å². The Labute approximate surface area is 93.6 Å². The standard InChI is InChI=1S/C12H12N2O2/c1-14-7-8(6-13)9-4-11(15-2)12(16-3)5-10(9)14/h4-5,7H,1-3H3. The number of aryl methyl sites for hydroxylation is 1. The number of methoxy groups -OCH3 is 2. The molecule has 1 aromatic carbocycles. The molecule has 0 aliphatic carbocycles. The first-order valence-electron chi connectivity index (χ1n) is 4.82. The molecular weight excluding hydrogens is 204 g/mol. The highest BCUT2D eigenvalue weighted by atomic mass is 16.5. The van der Waals surface area contributed by atoms with Gasteiger partial charge in [0.2, 0.25) is 0 Å². The zero-order valence-electron chi connectivity index (χ0n) is 9.44. The lowest BCUT2D eigenvalue weighted by atomic mass is 10.1. The van der Waals surface area contributed by atoms with E-state index in [-0.39, 0.29) is 0 Å². The van der Waals surface area contributed by atoms with E-state index in [2.05, 4.69) is 6.07 Å². The molecule has 0 unspecified atom stereocenters. The van der Waals surface area contributed by atoms with E-state index in [1.807, 2.05) is 23.7 Å². The van der Waals surface area contributed by atoms with Crippen LogP contribution in [0.25, 0.3) is 10.9 Å². The second-order valence-electron chi connectivity index (χ2n) is 3.49. The Hall–Kier alpha value is -2.15. The Morgan fingerprint density at radius 3 is 2.38 bits per heavy atom. The van der Waals surface area contributed by atoms with E-state index in [1.54, 1.807) is 20.4 Å². The molecule has 82 valence electrons. The largest absolute Gasteiger partial charge is 0.493 e. The maximum atomic E-state index is 9.00. The molecule has 0 N–H and O–H groups in total. The van der Waals surface area contributed by atoms with Gasteiger partial charge in [0.05, 0.1) is 25.3 Å². The van der Waals surface area contributed by atoms with Crippen molar-refractivity contribution in [3.63, 3.8) is 0 Å². The van der Waals surface area contributed by atoms with Gasteiger partial charge in [-0.25, -0.2) is 0 Å². The number of benzene rings is 1. The molecule has 0 saturated heterocycles. The third-order valence-corrected chi connectivity index (χ3v) is 2.62. The summed E-state index contributed by atoms with van der Waals surface area (Å²) in [5, 5.41) is 9.88. The summed E-state index contributed by atoms with van der Waals surface area (Å²) in [5.41, 5.74) is 1.59. The number of fused-ring (bicyclic) bond motifs is 1. The molecule has 4 nitrogen and oxygen atoms in total. The van der Waals surface area contributed by atoms with E-state index in [0.717, 1.165) is 10.9 Å². The van der Waals surface area contributed by atoms with Crippen LogP contribution < -0.4 is 9.47 Å². The van der Waals surface area contributed by atoms with Crippen LogP contribution in [0.5, 0.6) is 11.5 Å². The first-order valence-corrected chi connectivity index (χ1v) is 4.82. The lowest BCUT2D eigenvalue weighted by Crippen LogP contribution is -1.91. The van der Waals surface area contributed by atoms with E-state index >= 15 is 0 Å². The molecule has 0 saturated carbocycles. The normalized spacial score (nSPS) is 10.1. The summed E-state index contributed by atoms with van der Waals surface area (Å²) < 4.78 is 12.3. The van der Waals surface area contributed by atoms with Crippen molar-refractivity contribution < 1.29 is 9.47 Å². The number of hydrogen-bond acceptors (Lipinski definition) is 3. The number of ether oxygens (including phenoxy) is 2. The van der Waals surface area contributed by atoms with Crippen molar-refractivity contribution in [1.82, 2.24) is 4.57 Å². The first-order chi connectivity index (χ1) is 7.71. The molecule has 0 atom stereocenters. The number of aromatic nitrogens is 1. The minimum absolute atomic E-state index is 0.637. The Morgan fingerprint density at radius 1 is 1.19 bits per heavy atom. The average molecular weight is 216 g/mol. The predicted molar refractivity (Wildman–Crippen MR) is 60.7 cm³/mol. The zero-order chi connectivity index (χ0) is 11.7. The first kappa shape index (κ1) is 10.4. The van der Waals surface area contributed by atoms with Gasteiger partial charge in [0.15, 0.2) is 11.5 Å². The second kappa shape index (κ2) is 3.78. The van der Waals surface area contributed by atoms with Crippen molar-refractivity contribution in [3.8, 4) is 17.6 Å². The van der Waals surface area contributed by atoms with Crippen LogP contribution in [0.2, 0.25) is 0 Å². The number of rotatable bonds is 2. The van der Waals surface area contributed by atoms with Gasteiger partial charge in [-0.3, -0.25) is 0 Å². The highest BCUT2D eigenvalue weighted by molar-refractivity contribution is 5.89. The molecule has 2 aromatic rings. The van der Waals surface area contributed by atoms with Crippen LogP contribution in [0.1, 0.15) is 5.56 Å². The summed E-state index contributed by atoms with van der Waals surface area (Å²) in [4.78, 5) is 0. The molecule has 0 radical (unpaired) electrons. The van der Waals surface area contributed by atoms with E-state index in [1.165, 1.54) is 0 Å². The fraction of sp³-hybridized carbons (Fsp3) is 0.250. The van der Waals surface area contributed by atoms with Crippen molar-refractivity contribution in [2.75, 3.05) is 14.2 Å². The topological polar surface area (TPSA) is 47.2 Å². The molecule has 1 heterocycles. The van der Waals surface area contributed by atoms with Gasteiger partial charge in [0.25, 0.3) is 0 Å². The molecule has 16 heavy (non-hydrogen) atoms. The van der Waals surface area contributed by atoms with E-state index < -0.39 is 0 Å². The lowest BCUT2D eigenvalue weighted by molar-refractivity contribution is 0.355. The smallest absolute Gasteiger partial charge is 0.162 e. The van der Waals surface area contributed by atoms with E-state index in [9.17, 15) is 0 Å². The maximum Gasteiger partial charge on any atom is 0.162 e. The number of nitriles is 1. The van der Waals surface area contributed by atoms with Gasteiger partial charge in [0.1, 0.15) is 6.07 Å². The molecule has 2 rings (SSSR count). The molecule has 0 amide bonds.